The van der Waals surface area contributed by atoms with Gasteiger partial charge in [-0.15, -0.1) is 0 Å². The number of aryl methyl sites for hydroxylation is 1. The van der Waals surface area contributed by atoms with Gasteiger partial charge in [-0.2, -0.15) is 4.98 Å². The molecule has 2 heterocycles. The van der Waals surface area contributed by atoms with Gasteiger partial charge in [-0.1, -0.05) is 53.2 Å². The Morgan fingerprint density at radius 2 is 1.74 bits per heavy atom. The number of hydrogen-bond donors (Lipinski definition) is 0. The molecule has 6 heteroatoms. The van der Waals surface area contributed by atoms with Crippen LogP contribution in [-0.2, 0) is 6.54 Å². The number of benzene rings is 2. The third kappa shape index (κ3) is 3.55. The zero-order valence-electron chi connectivity index (χ0n) is 14.6. The van der Waals surface area contributed by atoms with Crippen LogP contribution in [0.15, 0.2) is 76.2 Å². The third-order valence-corrected chi connectivity index (χ3v) is 4.26. The van der Waals surface area contributed by atoms with Crippen LogP contribution >= 0.6 is 0 Å². The average molecular weight is 361 g/mol. The molecular weight excluding hydrogens is 345 g/mol. The summed E-state index contributed by atoms with van der Waals surface area (Å²) in [5.41, 5.74) is 2.78. The monoisotopic (exact) mass is 361 g/mol. The van der Waals surface area contributed by atoms with E-state index < -0.39 is 0 Å². The minimum Gasteiger partial charge on any atom is -0.334 e. The first kappa shape index (κ1) is 16.9. The van der Waals surface area contributed by atoms with E-state index in [1.54, 1.807) is 30.5 Å². The second-order valence-corrected chi connectivity index (χ2v) is 6.26. The minimum atomic E-state index is -0.353. The average Bonchev–Trinajstić information content (AvgIpc) is 3.16. The molecule has 0 aliphatic heterocycles. The molecule has 0 saturated heterocycles. The number of rotatable bonds is 4. The maximum Gasteiger partial charge on any atom is 0.259 e. The van der Waals surface area contributed by atoms with Gasteiger partial charge in [0.15, 0.2) is 0 Å². The summed E-state index contributed by atoms with van der Waals surface area (Å²) in [6.07, 6.45) is 1.60. The van der Waals surface area contributed by atoms with Gasteiger partial charge in [0.05, 0.1) is 12.1 Å². The van der Waals surface area contributed by atoms with Crippen LogP contribution in [0.5, 0.6) is 0 Å². The molecule has 27 heavy (non-hydrogen) atoms. The summed E-state index contributed by atoms with van der Waals surface area (Å²) in [6, 6.07) is 17.2. The number of halogens is 1. The molecule has 4 rings (SSSR count). The van der Waals surface area contributed by atoms with Gasteiger partial charge in [0.1, 0.15) is 5.82 Å². The molecule has 0 unspecified atom stereocenters. The van der Waals surface area contributed by atoms with Crippen LogP contribution in [0.2, 0.25) is 0 Å². The molecule has 0 aliphatic carbocycles. The Bertz CT molecular complexity index is 1150. The Hall–Kier alpha value is -3.54. The van der Waals surface area contributed by atoms with E-state index in [0.29, 0.717) is 22.8 Å². The zero-order valence-corrected chi connectivity index (χ0v) is 14.6. The molecule has 0 aliphatic rings. The van der Waals surface area contributed by atoms with Crippen LogP contribution in [0.25, 0.3) is 22.8 Å². The second kappa shape index (κ2) is 6.99. The van der Waals surface area contributed by atoms with Crippen molar-refractivity contribution in [3.05, 3.63) is 94.2 Å². The lowest BCUT2D eigenvalue weighted by Gasteiger charge is -2.07. The van der Waals surface area contributed by atoms with Gasteiger partial charge < -0.3 is 9.09 Å². The largest absolute Gasteiger partial charge is 0.334 e. The Kier molecular flexibility index (Phi) is 4.38. The number of pyridine rings is 1. The smallest absolute Gasteiger partial charge is 0.259 e. The van der Waals surface area contributed by atoms with Crippen LogP contribution in [0.4, 0.5) is 4.39 Å². The SMILES string of the molecule is Cc1ccc(-c2noc(-c3ccc(=O)n(Cc4ccccc4F)c3)n2)cc1. The maximum absolute atomic E-state index is 13.9. The van der Waals surface area contributed by atoms with Crippen molar-refractivity contribution in [1.29, 1.82) is 0 Å². The number of aromatic nitrogens is 3. The van der Waals surface area contributed by atoms with Crippen molar-refractivity contribution < 1.29 is 8.91 Å². The third-order valence-electron chi connectivity index (χ3n) is 4.26. The molecule has 0 amide bonds. The molecule has 0 N–H and O–H groups in total. The lowest BCUT2D eigenvalue weighted by molar-refractivity contribution is 0.432. The highest BCUT2D eigenvalue weighted by molar-refractivity contribution is 5.59. The van der Waals surface area contributed by atoms with Crippen molar-refractivity contribution in [3.63, 3.8) is 0 Å². The van der Waals surface area contributed by atoms with Crippen molar-refractivity contribution in [2.24, 2.45) is 0 Å². The predicted octanol–water partition coefficient (Wildman–Crippen LogP) is 4.06. The van der Waals surface area contributed by atoms with E-state index in [-0.39, 0.29) is 17.9 Å². The van der Waals surface area contributed by atoms with Crippen LogP contribution in [0, 0.1) is 12.7 Å². The Morgan fingerprint density at radius 1 is 1.00 bits per heavy atom. The van der Waals surface area contributed by atoms with Gasteiger partial charge in [-0.3, -0.25) is 4.79 Å². The highest BCUT2D eigenvalue weighted by Crippen LogP contribution is 2.22. The standard InChI is InChI=1S/C21H16FN3O2/c1-14-6-8-15(9-7-14)20-23-21(27-24-20)17-10-11-19(26)25(13-17)12-16-4-2-3-5-18(16)22/h2-11,13H,12H2,1H3. The molecule has 134 valence electrons. The van der Waals surface area contributed by atoms with Gasteiger partial charge in [0, 0.05) is 23.4 Å². The van der Waals surface area contributed by atoms with Crippen molar-refractivity contribution in [3.8, 4) is 22.8 Å². The van der Waals surface area contributed by atoms with E-state index in [1.807, 2.05) is 31.2 Å². The van der Waals surface area contributed by atoms with Crippen LogP contribution in [0.1, 0.15) is 11.1 Å². The normalized spacial score (nSPS) is 10.9. The van der Waals surface area contributed by atoms with E-state index in [2.05, 4.69) is 10.1 Å². The quantitative estimate of drug-likeness (QED) is 0.550. The van der Waals surface area contributed by atoms with Crippen molar-refractivity contribution in [1.82, 2.24) is 14.7 Å². The summed E-state index contributed by atoms with van der Waals surface area (Å²) in [5.74, 6) is 0.416. The first-order valence-electron chi connectivity index (χ1n) is 8.45. The van der Waals surface area contributed by atoms with Crippen LogP contribution in [0.3, 0.4) is 0 Å². The Labute approximate surface area is 154 Å². The molecule has 0 atom stereocenters. The summed E-state index contributed by atoms with van der Waals surface area (Å²) in [6.45, 7) is 2.13. The lowest BCUT2D eigenvalue weighted by Crippen LogP contribution is -2.19. The molecule has 4 aromatic rings. The van der Waals surface area contributed by atoms with E-state index in [1.165, 1.54) is 16.7 Å². The fraction of sp³-hybridized carbons (Fsp3) is 0.0952. The fourth-order valence-electron chi connectivity index (χ4n) is 2.75. The number of hydrogen-bond acceptors (Lipinski definition) is 4. The second-order valence-electron chi connectivity index (χ2n) is 6.26. The zero-order chi connectivity index (χ0) is 18.8. The van der Waals surface area contributed by atoms with E-state index >= 15 is 0 Å². The fourth-order valence-corrected chi connectivity index (χ4v) is 2.75. The van der Waals surface area contributed by atoms with Crippen LogP contribution in [-0.4, -0.2) is 14.7 Å². The van der Waals surface area contributed by atoms with Gasteiger partial charge in [0.25, 0.3) is 11.4 Å². The lowest BCUT2D eigenvalue weighted by atomic mass is 10.1. The van der Waals surface area contributed by atoms with Gasteiger partial charge in [-0.25, -0.2) is 4.39 Å². The summed E-state index contributed by atoms with van der Waals surface area (Å²) < 4.78 is 20.7. The first-order valence-corrected chi connectivity index (χ1v) is 8.45. The molecule has 0 saturated carbocycles. The van der Waals surface area contributed by atoms with E-state index in [9.17, 15) is 9.18 Å². The number of nitrogens with zero attached hydrogens (tertiary/aromatic N) is 3. The molecule has 0 spiro atoms. The van der Waals surface area contributed by atoms with Gasteiger partial charge >= 0.3 is 0 Å². The molecular formula is C21H16FN3O2. The molecule has 0 fully saturated rings. The predicted molar refractivity (Wildman–Crippen MR) is 99.7 cm³/mol. The Balaban J connectivity index is 1.66. The van der Waals surface area contributed by atoms with E-state index in [4.69, 9.17) is 4.52 Å². The van der Waals surface area contributed by atoms with Crippen molar-refractivity contribution in [2.75, 3.05) is 0 Å². The molecule has 0 radical (unpaired) electrons. The Morgan fingerprint density at radius 3 is 2.52 bits per heavy atom. The summed E-state index contributed by atoms with van der Waals surface area (Å²) in [5, 5.41) is 4.01. The molecule has 2 aromatic carbocycles. The summed E-state index contributed by atoms with van der Waals surface area (Å²) >= 11 is 0. The topological polar surface area (TPSA) is 60.9 Å². The van der Waals surface area contributed by atoms with Gasteiger partial charge in [-0.05, 0) is 19.1 Å². The van der Waals surface area contributed by atoms with E-state index in [0.717, 1.165) is 11.1 Å². The summed E-state index contributed by atoms with van der Waals surface area (Å²) in [4.78, 5) is 16.6. The van der Waals surface area contributed by atoms with Gasteiger partial charge in [0.2, 0.25) is 5.82 Å². The molecule has 0 bridgehead atoms. The van der Waals surface area contributed by atoms with Crippen LogP contribution < -0.4 is 5.56 Å². The molecule has 5 nitrogen and oxygen atoms in total. The van der Waals surface area contributed by atoms with Crippen molar-refractivity contribution in [2.45, 2.75) is 13.5 Å². The maximum atomic E-state index is 13.9. The first-order chi connectivity index (χ1) is 13.1. The molecule has 2 aromatic heterocycles. The van der Waals surface area contributed by atoms with Crippen molar-refractivity contribution >= 4 is 0 Å². The summed E-state index contributed by atoms with van der Waals surface area (Å²) in [7, 11) is 0. The minimum absolute atomic E-state index is 0.123. The highest BCUT2D eigenvalue weighted by Gasteiger charge is 2.12. The highest BCUT2D eigenvalue weighted by atomic mass is 19.1.